The Hall–Kier alpha value is -5.61. The van der Waals surface area contributed by atoms with Crippen LogP contribution in [-0.2, 0) is 26.3 Å². The van der Waals surface area contributed by atoms with Gasteiger partial charge in [-0.15, -0.1) is 11.3 Å². The average Bonchev–Trinajstić information content (AvgIpc) is 4.22. The third kappa shape index (κ3) is 7.90. The van der Waals surface area contributed by atoms with E-state index in [2.05, 4.69) is 38.5 Å². The molecule has 2 spiro atoms. The molecule has 2 unspecified atom stereocenters. The van der Waals surface area contributed by atoms with Crippen molar-refractivity contribution in [3.05, 3.63) is 105 Å². The molecule has 16 heteroatoms. The second-order valence-corrected chi connectivity index (χ2v) is 21.7. The van der Waals surface area contributed by atoms with Crippen LogP contribution in [-0.4, -0.2) is 86.3 Å². The van der Waals surface area contributed by atoms with Gasteiger partial charge >= 0.3 is 6.03 Å². The van der Waals surface area contributed by atoms with Crippen LogP contribution in [0.2, 0.25) is 5.02 Å². The number of anilines is 3. The van der Waals surface area contributed by atoms with Gasteiger partial charge in [-0.05, 0) is 129 Å². The van der Waals surface area contributed by atoms with Crippen LogP contribution in [0.25, 0.3) is 21.2 Å². The highest BCUT2D eigenvalue weighted by Gasteiger charge is 2.66. The summed E-state index contributed by atoms with van der Waals surface area (Å²) in [7, 11) is -1.25. The number of aldehydes is 1. The maximum Gasteiger partial charge on any atom is 0.321 e. The van der Waals surface area contributed by atoms with Crippen LogP contribution in [0.5, 0.6) is 5.75 Å². The predicted octanol–water partition coefficient (Wildman–Crippen LogP) is 9.42. The van der Waals surface area contributed by atoms with Crippen molar-refractivity contribution in [1.29, 1.82) is 0 Å². The number of rotatable bonds is 12. The third-order valence-electron chi connectivity index (χ3n) is 14.7. The lowest BCUT2D eigenvalue weighted by molar-refractivity contribution is -0.134. The van der Waals surface area contributed by atoms with E-state index in [1.54, 1.807) is 11.0 Å². The first-order valence-electron chi connectivity index (χ1n) is 23.3. The van der Waals surface area contributed by atoms with Crippen molar-refractivity contribution in [2.75, 3.05) is 35.2 Å². The molecular formula is C51H51ClN6O7S2. The summed E-state index contributed by atoms with van der Waals surface area (Å²) in [6.45, 7) is 3.41. The zero-order valence-corrected chi connectivity index (χ0v) is 39.5. The number of carbonyl (C=O) groups excluding carboxylic acids is 5. The summed E-state index contributed by atoms with van der Waals surface area (Å²) in [5.41, 5.74) is 5.65. The first-order chi connectivity index (χ1) is 32.5. The number of piperidine rings is 3. The number of carbonyl (C=O) groups is 5. The summed E-state index contributed by atoms with van der Waals surface area (Å²) in [6, 6.07) is 24.9. The molecule has 3 N–H and O–H groups in total. The van der Waals surface area contributed by atoms with E-state index in [9.17, 15) is 28.2 Å². The van der Waals surface area contributed by atoms with Gasteiger partial charge in [-0.1, -0.05) is 54.1 Å². The quantitative estimate of drug-likeness (QED) is 0.0825. The molecule has 0 bridgehead atoms. The zero-order valence-electron chi connectivity index (χ0n) is 37.1. The molecule has 5 aromatic rings. The lowest BCUT2D eigenvalue weighted by Gasteiger charge is -2.46. The van der Waals surface area contributed by atoms with Crippen molar-refractivity contribution >= 4 is 91.8 Å². The Morgan fingerprint density at radius 3 is 2.39 bits per heavy atom. The van der Waals surface area contributed by atoms with Gasteiger partial charge in [-0.3, -0.25) is 29.4 Å². The number of nitrogens with one attached hydrogen (secondary N) is 3. The van der Waals surface area contributed by atoms with Crippen LogP contribution in [0.3, 0.4) is 0 Å². The minimum absolute atomic E-state index is 0.116. The van der Waals surface area contributed by atoms with Gasteiger partial charge in [0.2, 0.25) is 11.8 Å². The Morgan fingerprint density at radius 1 is 0.940 bits per heavy atom. The van der Waals surface area contributed by atoms with E-state index >= 15 is 0 Å². The zero-order chi connectivity index (χ0) is 46.2. The Labute approximate surface area is 400 Å². The minimum Gasteiger partial charge on any atom is -0.491 e. The number of benzene rings is 4. The molecule has 0 radical (unpaired) electrons. The molecule has 346 valence electrons. The van der Waals surface area contributed by atoms with Crippen molar-refractivity contribution in [3.63, 3.8) is 0 Å². The second kappa shape index (κ2) is 17.2. The third-order valence-corrected chi connectivity index (χ3v) is 18.1. The maximum absolute atomic E-state index is 14.5. The molecule has 11 rings (SSSR count). The monoisotopic (exact) mass is 958 g/mol. The van der Waals surface area contributed by atoms with Crippen LogP contribution in [0.4, 0.5) is 21.9 Å². The van der Waals surface area contributed by atoms with Gasteiger partial charge in [-0.25, -0.2) is 13.3 Å². The molecule has 5 fully saturated rings. The fraction of sp³-hybridized carbons (Fsp3) is 0.392. The standard InChI is InChI=1S/C51H51ClN6O7S2/c1-2-65-45-41(28-59)66-46(44(45)52)32-7-4-9-34(25-32)53-35-26-50(18-19-50)58(51(27-35)20-21-51)67(64)29-30-6-3-8-33(24-30)54-49(63)56-22-16-31(17-23-56)36-12-13-39-43-37(36)10-5-11-38(43)48(62)57(39)40-14-15-42(60)55-47(40)61/h3-13,24-25,28,31,35,40,53H,2,14-23,26-27,29H2,1H3,(H,54,63)(H,55,60,61). The highest BCUT2D eigenvalue weighted by Crippen LogP contribution is 2.62. The van der Waals surface area contributed by atoms with E-state index in [-0.39, 0.29) is 53.7 Å². The topological polar surface area (TPSA) is 157 Å². The van der Waals surface area contributed by atoms with Gasteiger partial charge in [0.15, 0.2) is 12.0 Å². The summed E-state index contributed by atoms with van der Waals surface area (Å²) < 4.78 is 22.5. The number of thiophene rings is 1. The number of hydrogen-bond donors (Lipinski definition) is 3. The van der Waals surface area contributed by atoms with Crippen LogP contribution in [0.15, 0.2) is 78.9 Å². The smallest absolute Gasteiger partial charge is 0.321 e. The predicted molar refractivity (Wildman–Crippen MR) is 262 cm³/mol. The van der Waals surface area contributed by atoms with Gasteiger partial charge in [0.25, 0.3) is 5.91 Å². The van der Waals surface area contributed by atoms with Gasteiger partial charge in [-0.2, -0.15) is 0 Å². The molecule has 1 aromatic heterocycles. The minimum atomic E-state index is -1.25. The summed E-state index contributed by atoms with van der Waals surface area (Å²) in [4.78, 5) is 68.5. The average molecular weight is 960 g/mol. The fourth-order valence-corrected chi connectivity index (χ4v) is 14.8. The van der Waals surface area contributed by atoms with Crippen molar-refractivity contribution in [1.82, 2.24) is 14.5 Å². The first kappa shape index (κ1) is 43.9. The molecule has 2 atom stereocenters. The number of nitrogens with zero attached hydrogens (tertiary/aromatic N) is 3. The van der Waals surface area contributed by atoms with E-state index in [4.69, 9.17) is 16.3 Å². The maximum atomic E-state index is 14.5. The Kier molecular flexibility index (Phi) is 11.3. The van der Waals surface area contributed by atoms with Gasteiger partial charge in [0, 0.05) is 59.0 Å². The number of halogens is 1. The van der Waals surface area contributed by atoms with Gasteiger partial charge < -0.3 is 20.3 Å². The van der Waals surface area contributed by atoms with Gasteiger partial charge in [0.05, 0.1) is 33.9 Å². The van der Waals surface area contributed by atoms with Crippen molar-refractivity contribution in [2.24, 2.45) is 0 Å². The molecule has 2 saturated carbocycles. The Morgan fingerprint density at radius 2 is 1.67 bits per heavy atom. The molecule has 5 amide bonds. The molecule has 4 aromatic carbocycles. The van der Waals surface area contributed by atoms with Crippen LogP contribution in [0, 0.1) is 0 Å². The lowest BCUT2D eigenvalue weighted by atomic mass is 9.85. The van der Waals surface area contributed by atoms with Crippen LogP contribution in [0.1, 0.15) is 108 Å². The summed E-state index contributed by atoms with van der Waals surface area (Å²) in [6.07, 6.45) is 8.60. The van der Waals surface area contributed by atoms with Crippen molar-refractivity contribution in [2.45, 2.75) is 106 Å². The number of ether oxygens (including phenoxy) is 1. The van der Waals surface area contributed by atoms with E-state index in [1.807, 2.05) is 66.4 Å². The molecule has 5 heterocycles. The molecule has 3 saturated heterocycles. The fourth-order valence-electron chi connectivity index (χ4n) is 11.4. The normalized spacial score (nSPS) is 22.3. The molecular weight excluding hydrogens is 908 g/mol. The second-order valence-electron chi connectivity index (χ2n) is 19.0. The first-order valence-corrected chi connectivity index (χ1v) is 25.8. The lowest BCUT2D eigenvalue weighted by Crippen LogP contribution is -2.56. The molecule has 4 aliphatic heterocycles. The molecule has 6 aliphatic rings. The van der Waals surface area contributed by atoms with E-state index in [1.165, 1.54) is 11.3 Å². The van der Waals surface area contributed by atoms with E-state index in [0.29, 0.717) is 58.0 Å². The summed E-state index contributed by atoms with van der Waals surface area (Å²) in [5.74, 6) is -0.0106. The van der Waals surface area contributed by atoms with E-state index in [0.717, 1.165) is 95.7 Å². The molecule has 2 aliphatic carbocycles. The highest BCUT2D eigenvalue weighted by molar-refractivity contribution is 7.81. The highest BCUT2D eigenvalue weighted by atomic mass is 35.5. The van der Waals surface area contributed by atoms with E-state index < -0.39 is 22.9 Å². The number of likely N-dealkylation sites (tertiary alicyclic amines) is 1. The summed E-state index contributed by atoms with van der Waals surface area (Å²) in [5, 5.41) is 11.6. The number of imide groups is 1. The van der Waals surface area contributed by atoms with Crippen molar-refractivity contribution < 1.29 is 32.9 Å². The SMILES string of the molecule is CCOc1c(C=O)sc(-c2cccc(NC3CC4(CC4)N(S(=O)Cc4cccc(NC(=O)N5CCC(c6ccc7c8c(cccc68)C(=O)N7C6CCC(=O)NC6=O)CC5)c4)C4(CC4)C3)c2)c1Cl. The van der Waals surface area contributed by atoms with Gasteiger partial charge in [0.1, 0.15) is 15.9 Å². The summed E-state index contributed by atoms with van der Waals surface area (Å²) >= 11 is 8.06. The Bertz CT molecular complexity index is 2880. The van der Waals surface area contributed by atoms with Crippen molar-refractivity contribution in [3.8, 4) is 16.2 Å². The van der Waals surface area contributed by atoms with Crippen LogP contribution < -0.4 is 25.6 Å². The number of amides is 5. The molecule has 13 nitrogen and oxygen atoms in total. The van der Waals surface area contributed by atoms with Crippen LogP contribution >= 0.6 is 22.9 Å². The number of urea groups is 1. The Balaban J connectivity index is 0.716. The molecule has 67 heavy (non-hydrogen) atoms. The largest absolute Gasteiger partial charge is 0.491 e. The number of hydrogen-bond acceptors (Lipinski definition) is 9.